The smallest absolute Gasteiger partial charge is 0.319 e. The van der Waals surface area contributed by atoms with Gasteiger partial charge in [0.15, 0.2) is 0 Å². The van der Waals surface area contributed by atoms with E-state index in [2.05, 4.69) is 10.6 Å². The van der Waals surface area contributed by atoms with Crippen molar-refractivity contribution < 1.29 is 9.53 Å². The number of carbonyl (C=O) groups is 1. The molecule has 0 bridgehead atoms. The van der Waals surface area contributed by atoms with Crippen LogP contribution in [-0.4, -0.2) is 19.2 Å². The summed E-state index contributed by atoms with van der Waals surface area (Å²) in [5, 5.41) is 14.7. The number of nitrogens with one attached hydrogen (secondary N) is 2. The summed E-state index contributed by atoms with van der Waals surface area (Å²) in [7, 11) is 1.51. The molecule has 0 aromatic heterocycles. The lowest BCUT2D eigenvalue weighted by Crippen LogP contribution is -2.36. The molecule has 0 aliphatic heterocycles. The second kappa shape index (κ2) is 6.10. The third-order valence-corrected chi connectivity index (χ3v) is 3.30. The standard InChI is InChI=1S/C14H17N3O2/c1-19-12-8-4-5-10(9-15)13(12)17-14(18)16-11-6-2-3-7-11/h4-5,8,11H,2-3,6-7H2,1H3,(H2,16,17,18). The fourth-order valence-corrected chi connectivity index (χ4v) is 2.33. The average Bonchev–Trinajstić information content (AvgIpc) is 2.91. The fraction of sp³-hybridized carbons (Fsp3) is 0.429. The Morgan fingerprint density at radius 2 is 2.16 bits per heavy atom. The number of benzene rings is 1. The topological polar surface area (TPSA) is 74.1 Å². The van der Waals surface area contributed by atoms with Gasteiger partial charge in [0, 0.05) is 6.04 Å². The van der Waals surface area contributed by atoms with Crippen LogP contribution in [0.15, 0.2) is 18.2 Å². The lowest BCUT2D eigenvalue weighted by molar-refractivity contribution is 0.248. The molecule has 2 rings (SSSR count). The summed E-state index contributed by atoms with van der Waals surface area (Å²) < 4.78 is 5.17. The number of nitriles is 1. The number of para-hydroxylation sites is 1. The minimum Gasteiger partial charge on any atom is -0.495 e. The molecule has 1 fully saturated rings. The minimum absolute atomic E-state index is 0.236. The maximum Gasteiger partial charge on any atom is 0.319 e. The van der Waals surface area contributed by atoms with Crippen molar-refractivity contribution in [3.8, 4) is 11.8 Å². The van der Waals surface area contributed by atoms with E-state index in [0.29, 0.717) is 17.0 Å². The largest absolute Gasteiger partial charge is 0.495 e. The molecule has 1 aliphatic carbocycles. The van der Waals surface area contributed by atoms with Crippen LogP contribution in [0.25, 0.3) is 0 Å². The van der Waals surface area contributed by atoms with Gasteiger partial charge in [-0.25, -0.2) is 4.79 Å². The highest BCUT2D eigenvalue weighted by molar-refractivity contribution is 5.92. The van der Waals surface area contributed by atoms with E-state index < -0.39 is 0 Å². The molecule has 1 aliphatic rings. The highest BCUT2D eigenvalue weighted by atomic mass is 16.5. The van der Waals surface area contributed by atoms with E-state index in [9.17, 15) is 4.79 Å². The minimum atomic E-state index is -0.284. The molecule has 0 radical (unpaired) electrons. The Balaban J connectivity index is 2.09. The van der Waals surface area contributed by atoms with Gasteiger partial charge in [-0.1, -0.05) is 18.9 Å². The lowest BCUT2D eigenvalue weighted by Gasteiger charge is -2.15. The van der Waals surface area contributed by atoms with E-state index in [0.717, 1.165) is 25.7 Å². The summed E-state index contributed by atoms with van der Waals surface area (Å²) in [5.74, 6) is 0.487. The van der Waals surface area contributed by atoms with E-state index in [4.69, 9.17) is 10.00 Å². The van der Waals surface area contributed by atoms with Crippen LogP contribution in [0.2, 0.25) is 0 Å². The van der Waals surface area contributed by atoms with Crippen LogP contribution in [0.5, 0.6) is 5.75 Å². The molecule has 100 valence electrons. The van der Waals surface area contributed by atoms with E-state index in [1.807, 2.05) is 6.07 Å². The van der Waals surface area contributed by atoms with E-state index in [-0.39, 0.29) is 12.1 Å². The zero-order chi connectivity index (χ0) is 13.7. The van der Waals surface area contributed by atoms with Crippen LogP contribution in [0, 0.1) is 11.3 Å². The molecule has 2 amide bonds. The number of nitrogens with zero attached hydrogens (tertiary/aromatic N) is 1. The third kappa shape index (κ3) is 3.16. The van der Waals surface area contributed by atoms with Gasteiger partial charge in [0.1, 0.15) is 17.5 Å². The maximum atomic E-state index is 11.9. The summed E-state index contributed by atoms with van der Waals surface area (Å²) >= 11 is 0. The number of carbonyl (C=O) groups excluding carboxylic acids is 1. The van der Waals surface area contributed by atoms with E-state index >= 15 is 0 Å². The number of amides is 2. The zero-order valence-corrected chi connectivity index (χ0v) is 10.9. The van der Waals surface area contributed by atoms with Gasteiger partial charge in [-0.05, 0) is 25.0 Å². The van der Waals surface area contributed by atoms with Gasteiger partial charge in [0.05, 0.1) is 12.7 Å². The Labute approximate surface area is 112 Å². The number of anilines is 1. The number of rotatable bonds is 3. The van der Waals surface area contributed by atoms with Gasteiger partial charge in [-0.15, -0.1) is 0 Å². The van der Waals surface area contributed by atoms with E-state index in [1.54, 1.807) is 18.2 Å². The van der Waals surface area contributed by atoms with Crippen molar-refractivity contribution in [1.29, 1.82) is 5.26 Å². The Hall–Kier alpha value is -2.22. The quantitative estimate of drug-likeness (QED) is 0.876. The molecule has 0 saturated heterocycles. The van der Waals surface area contributed by atoms with Gasteiger partial charge < -0.3 is 15.4 Å². The van der Waals surface area contributed by atoms with Crippen molar-refractivity contribution >= 4 is 11.7 Å². The van der Waals surface area contributed by atoms with Crippen molar-refractivity contribution in [2.45, 2.75) is 31.7 Å². The first-order valence-electron chi connectivity index (χ1n) is 6.39. The van der Waals surface area contributed by atoms with Crippen LogP contribution in [-0.2, 0) is 0 Å². The molecule has 5 heteroatoms. The van der Waals surface area contributed by atoms with Crippen molar-refractivity contribution in [1.82, 2.24) is 5.32 Å². The molecule has 0 heterocycles. The summed E-state index contributed by atoms with van der Waals surface area (Å²) in [6.45, 7) is 0. The van der Waals surface area contributed by atoms with E-state index in [1.165, 1.54) is 7.11 Å². The molecule has 1 aromatic rings. The first-order chi connectivity index (χ1) is 9.24. The monoisotopic (exact) mass is 259 g/mol. The molecule has 2 N–H and O–H groups in total. The molecular formula is C14H17N3O2. The summed E-state index contributed by atoms with van der Waals surface area (Å²) in [5.41, 5.74) is 0.809. The van der Waals surface area contributed by atoms with Gasteiger partial charge in [0.25, 0.3) is 0 Å². The molecule has 0 atom stereocenters. The fourth-order valence-electron chi connectivity index (χ4n) is 2.33. The van der Waals surface area contributed by atoms with Gasteiger partial charge in [0.2, 0.25) is 0 Å². The SMILES string of the molecule is COc1cccc(C#N)c1NC(=O)NC1CCCC1. The molecular weight excluding hydrogens is 242 g/mol. The molecule has 1 saturated carbocycles. The van der Waals surface area contributed by atoms with Crippen molar-refractivity contribution in [3.63, 3.8) is 0 Å². The highest BCUT2D eigenvalue weighted by Crippen LogP contribution is 2.27. The van der Waals surface area contributed by atoms with Crippen LogP contribution in [0.3, 0.4) is 0 Å². The molecule has 5 nitrogen and oxygen atoms in total. The Bertz CT molecular complexity index is 502. The first kappa shape index (κ1) is 13.2. The number of urea groups is 1. The number of hydrogen-bond donors (Lipinski definition) is 2. The normalized spacial score (nSPS) is 14.7. The van der Waals surface area contributed by atoms with Crippen LogP contribution in [0.4, 0.5) is 10.5 Å². The summed E-state index contributed by atoms with van der Waals surface area (Å²) in [6.07, 6.45) is 4.35. The molecule has 0 unspecified atom stereocenters. The number of hydrogen-bond acceptors (Lipinski definition) is 3. The highest BCUT2D eigenvalue weighted by Gasteiger charge is 2.18. The Kier molecular flexibility index (Phi) is 4.24. The van der Waals surface area contributed by atoms with Crippen LogP contribution >= 0.6 is 0 Å². The van der Waals surface area contributed by atoms with Crippen molar-refractivity contribution in [2.75, 3.05) is 12.4 Å². The maximum absolute atomic E-state index is 11.9. The molecule has 1 aromatic carbocycles. The predicted octanol–water partition coefficient (Wildman–Crippen LogP) is 2.63. The van der Waals surface area contributed by atoms with Gasteiger partial charge >= 0.3 is 6.03 Å². The summed E-state index contributed by atoms with van der Waals surface area (Å²) in [6, 6.07) is 7.08. The molecule has 0 spiro atoms. The third-order valence-electron chi connectivity index (χ3n) is 3.30. The second-order valence-electron chi connectivity index (χ2n) is 4.57. The van der Waals surface area contributed by atoms with Crippen LogP contribution in [0.1, 0.15) is 31.2 Å². The van der Waals surface area contributed by atoms with Crippen molar-refractivity contribution in [3.05, 3.63) is 23.8 Å². The predicted molar refractivity (Wildman–Crippen MR) is 72.1 cm³/mol. The van der Waals surface area contributed by atoms with Crippen LogP contribution < -0.4 is 15.4 Å². The molecule has 19 heavy (non-hydrogen) atoms. The summed E-state index contributed by atoms with van der Waals surface area (Å²) in [4.78, 5) is 11.9. The Morgan fingerprint density at radius 1 is 1.42 bits per heavy atom. The van der Waals surface area contributed by atoms with Gasteiger partial charge in [-0.3, -0.25) is 0 Å². The zero-order valence-electron chi connectivity index (χ0n) is 10.9. The second-order valence-corrected chi connectivity index (χ2v) is 4.57. The Morgan fingerprint density at radius 3 is 2.79 bits per heavy atom. The number of ether oxygens (including phenoxy) is 1. The average molecular weight is 259 g/mol. The first-order valence-corrected chi connectivity index (χ1v) is 6.39. The van der Waals surface area contributed by atoms with Crippen molar-refractivity contribution in [2.24, 2.45) is 0 Å². The lowest BCUT2D eigenvalue weighted by atomic mass is 10.2. The number of methoxy groups -OCH3 is 1. The van der Waals surface area contributed by atoms with Gasteiger partial charge in [-0.2, -0.15) is 5.26 Å².